The monoisotopic (exact) mass is 198 g/mol. The molecule has 0 aliphatic carbocycles. The van der Waals surface area contributed by atoms with Crippen molar-refractivity contribution in [3.63, 3.8) is 0 Å². The van der Waals surface area contributed by atoms with Crippen LogP contribution in [0.1, 0.15) is 27.7 Å². The third-order valence-corrected chi connectivity index (χ3v) is 1.38. The summed E-state index contributed by atoms with van der Waals surface area (Å²) in [6, 6.07) is 0. The van der Waals surface area contributed by atoms with Crippen LogP contribution in [0.5, 0.6) is 0 Å². The zero-order chi connectivity index (χ0) is 10.8. The SMILES string of the molecule is CC(C)COCC#CCOCC(C)C. The Labute approximate surface area is 88.0 Å². The Bertz CT molecular complexity index is 156. The molecule has 0 aliphatic heterocycles. The fourth-order valence-corrected chi connectivity index (χ4v) is 0.793. The third-order valence-electron chi connectivity index (χ3n) is 1.38. The van der Waals surface area contributed by atoms with Crippen molar-refractivity contribution < 1.29 is 9.47 Å². The molecule has 82 valence electrons. The molecule has 0 saturated carbocycles. The molecule has 0 aromatic heterocycles. The minimum atomic E-state index is 0.517. The molecule has 0 spiro atoms. The summed E-state index contributed by atoms with van der Waals surface area (Å²) in [5, 5.41) is 0. The van der Waals surface area contributed by atoms with Crippen LogP contribution >= 0.6 is 0 Å². The summed E-state index contributed by atoms with van der Waals surface area (Å²) < 4.78 is 10.6. The van der Waals surface area contributed by atoms with Crippen LogP contribution in [0.4, 0.5) is 0 Å². The lowest BCUT2D eigenvalue weighted by Crippen LogP contribution is -2.03. The Morgan fingerprint density at radius 1 is 0.786 bits per heavy atom. The number of ether oxygens (including phenoxy) is 2. The maximum absolute atomic E-state index is 5.29. The Kier molecular flexibility index (Phi) is 8.72. The Balaban J connectivity index is 3.19. The first kappa shape index (κ1) is 13.5. The predicted octanol–water partition coefficient (Wildman–Crippen LogP) is 2.33. The summed E-state index contributed by atoms with van der Waals surface area (Å²) in [6.45, 7) is 11.1. The summed E-state index contributed by atoms with van der Waals surface area (Å²) in [4.78, 5) is 0. The van der Waals surface area contributed by atoms with Crippen molar-refractivity contribution in [3.05, 3.63) is 0 Å². The van der Waals surface area contributed by atoms with E-state index in [1.807, 2.05) is 0 Å². The van der Waals surface area contributed by atoms with Gasteiger partial charge in [0.05, 0.1) is 13.2 Å². The normalized spacial score (nSPS) is 10.4. The van der Waals surface area contributed by atoms with Crippen molar-refractivity contribution in [2.75, 3.05) is 26.4 Å². The molecule has 2 heteroatoms. The fraction of sp³-hybridized carbons (Fsp3) is 0.833. The molecule has 0 aromatic carbocycles. The van der Waals surface area contributed by atoms with E-state index in [0.717, 1.165) is 13.2 Å². The quantitative estimate of drug-likeness (QED) is 0.482. The van der Waals surface area contributed by atoms with Gasteiger partial charge < -0.3 is 9.47 Å². The highest BCUT2D eigenvalue weighted by molar-refractivity contribution is 4.99. The average Bonchev–Trinajstić information content (AvgIpc) is 2.08. The van der Waals surface area contributed by atoms with Crippen molar-refractivity contribution in [2.45, 2.75) is 27.7 Å². The highest BCUT2D eigenvalue weighted by Gasteiger charge is 1.91. The average molecular weight is 198 g/mol. The Morgan fingerprint density at radius 2 is 1.14 bits per heavy atom. The molecule has 0 aliphatic rings. The van der Waals surface area contributed by atoms with Gasteiger partial charge in [-0.1, -0.05) is 39.5 Å². The highest BCUT2D eigenvalue weighted by atomic mass is 16.5. The summed E-state index contributed by atoms with van der Waals surface area (Å²) in [7, 11) is 0. The molecule has 0 radical (unpaired) electrons. The molecule has 0 fully saturated rings. The Morgan fingerprint density at radius 3 is 1.43 bits per heavy atom. The molecule has 2 nitrogen and oxygen atoms in total. The van der Waals surface area contributed by atoms with E-state index >= 15 is 0 Å². The van der Waals surface area contributed by atoms with Crippen molar-refractivity contribution in [1.82, 2.24) is 0 Å². The van der Waals surface area contributed by atoms with Gasteiger partial charge in [-0.05, 0) is 11.8 Å². The van der Waals surface area contributed by atoms with Gasteiger partial charge in [0.2, 0.25) is 0 Å². The number of hydrogen-bond donors (Lipinski definition) is 0. The molecule has 0 unspecified atom stereocenters. The van der Waals surface area contributed by atoms with Crippen molar-refractivity contribution in [1.29, 1.82) is 0 Å². The highest BCUT2D eigenvalue weighted by Crippen LogP contribution is 1.92. The summed E-state index contributed by atoms with van der Waals surface area (Å²) in [6.07, 6.45) is 0. The fourth-order valence-electron chi connectivity index (χ4n) is 0.793. The molecule has 0 amide bonds. The van der Waals surface area contributed by atoms with Crippen LogP contribution < -0.4 is 0 Å². The molecule has 0 aromatic rings. The van der Waals surface area contributed by atoms with E-state index in [9.17, 15) is 0 Å². The second-order valence-corrected chi connectivity index (χ2v) is 4.17. The van der Waals surface area contributed by atoms with Gasteiger partial charge in [-0.3, -0.25) is 0 Å². The van der Waals surface area contributed by atoms with E-state index in [1.54, 1.807) is 0 Å². The maximum atomic E-state index is 5.29. The molecule has 14 heavy (non-hydrogen) atoms. The molecule has 0 atom stereocenters. The van der Waals surface area contributed by atoms with Gasteiger partial charge in [0.15, 0.2) is 0 Å². The molecular weight excluding hydrogens is 176 g/mol. The second kappa shape index (κ2) is 9.05. The zero-order valence-corrected chi connectivity index (χ0v) is 9.80. The van der Waals surface area contributed by atoms with Crippen molar-refractivity contribution in [2.24, 2.45) is 11.8 Å². The van der Waals surface area contributed by atoms with E-state index in [2.05, 4.69) is 39.5 Å². The van der Waals surface area contributed by atoms with E-state index in [4.69, 9.17) is 9.47 Å². The minimum Gasteiger partial charge on any atom is -0.369 e. The molecule has 0 bridgehead atoms. The molecular formula is C12H22O2. The number of hydrogen-bond acceptors (Lipinski definition) is 2. The van der Waals surface area contributed by atoms with Crippen LogP contribution in [0.25, 0.3) is 0 Å². The number of rotatable bonds is 6. The summed E-state index contributed by atoms with van der Waals surface area (Å²) >= 11 is 0. The predicted molar refractivity (Wildman–Crippen MR) is 59.1 cm³/mol. The van der Waals surface area contributed by atoms with Gasteiger partial charge in [0.1, 0.15) is 13.2 Å². The Hall–Kier alpha value is -0.520. The zero-order valence-electron chi connectivity index (χ0n) is 9.80. The first-order chi connectivity index (χ1) is 6.63. The first-order valence-corrected chi connectivity index (χ1v) is 5.24. The smallest absolute Gasteiger partial charge is 0.107 e. The molecule has 0 rings (SSSR count). The lowest BCUT2D eigenvalue weighted by molar-refractivity contribution is 0.134. The topological polar surface area (TPSA) is 18.5 Å². The van der Waals surface area contributed by atoms with Gasteiger partial charge in [-0.15, -0.1) is 0 Å². The molecule has 0 saturated heterocycles. The van der Waals surface area contributed by atoms with Crippen molar-refractivity contribution >= 4 is 0 Å². The third kappa shape index (κ3) is 11.5. The molecule has 0 heterocycles. The van der Waals surface area contributed by atoms with Crippen molar-refractivity contribution in [3.8, 4) is 11.8 Å². The summed E-state index contributed by atoms with van der Waals surface area (Å²) in [5.74, 6) is 6.99. The second-order valence-electron chi connectivity index (χ2n) is 4.17. The van der Waals surface area contributed by atoms with Crippen LogP contribution in [0, 0.1) is 23.7 Å². The van der Waals surface area contributed by atoms with Crippen LogP contribution in [-0.2, 0) is 9.47 Å². The van der Waals surface area contributed by atoms with Crippen LogP contribution in [0.2, 0.25) is 0 Å². The van der Waals surface area contributed by atoms with E-state index in [1.165, 1.54) is 0 Å². The lowest BCUT2D eigenvalue weighted by atomic mass is 10.2. The van der Waals surface area contributed by atoms with E-state index in [0.29, 0.717) is 25.0 Å². The molecule has 0 N–H and O–H groups in total. The van der Waals surface area contributed by atoms with Gasteiger partial charge in [-0.2, -0.15) is 0 Å². The van der Waals surface area contributed by atoms with Crippen LogP contribution in [0.3, 0.4) is 0 Å². The standard InChI is InChI=1S/C12H22O2/c1-11(2)9-13-7-5-6-8-14-10-12(3)4/h11-12H,7-10H2,1-4H3. The minimum absolute atomic E-state index is 0.517. The lowest BCUT2D eigenvalue weighted by Gasteiger charge is -2.02. The largest absolute Gasteiger partial charge is 0.369 e. The first-order valence-electron chi connectivity index (χ1n) is 5.24. The van der Waals surface area contributed by atoms with Gasteiger partial charge in [-0.25, -0.2) is 0 Å². The van der Waals surface area contributed by atoms with Gasteiger partial charge in [0, 0.05) is 0 Å². The van der Waals surface area contributed by atoms with Gasteiger partial charge >= 0.3 is 0 Å². The van der Waals surface area contributed by atoms with E-state index < -0.39 is 0 Å². The van der Waals surface area contributed by atoms with E-state index in [-0.39, 0.29) is 0 Å². The van der Waals surface area contributed by atoms with Crippen LogP contribution in [0.15, 0.2) is 0 Å². The summed E-state index contributed by atoms with van der Waals surface area (Å²) in [5.41, 5.74) is 0. The van der Waals surface area contributed by atoms with Gasteiger partial charge in [0.25, 0.3) is 0 Å². The van der Waals surface area contributed by atoms with Crippen LogP contribution in [-0.4, -0.2) is 26.4 Å². The maximum Gasteiger partial charge on any atom is 0.107 e.